The SMILES string of the molecule is NC(CCN1CCc2ccccc2C1)c1cccc(Cl)c1. The molecule has 2 N–H and O–H groups in total. The van der Waals surface area contributed by atoms with Crippen LogP contribution in [0.15, 0.2) is 48.5 Å². The Morgan fingerprint density at radius 2 is 1.90 bits per heavy atom. The van der Waals surface area contributed by atoms with E-state index in [0.29, 0.717) is 0 Å². The van der Waals surface area contributed by atoms with Crippen molar-refractivity contribution in [3.8, 4) is 0 Å². The molecule has 2 aromatic rings. The molecule has 2 aromatic carbocycles. The molecule has 3 rings (SSSR count). The van der Waals surface area contributed by atoms with E-state index in [9.17, 15) is 0 Å². The minimum absolute atomic E-state index is 0.0564. The van der Waals surface area contributed by atoms with Crippen LogP contribution in [0, 0.1) is 0 Å². The molecular formula is C18H21ClN2. The van der Waals surface area contributed by atoms with Crippen LogP contribution in [-0.4, -0.2) is 18.0 Å². The van der Waals surface area contributed by atoms with Crippen LogP contribution in [0.1, 0.15) is 29.2 Å². The number of benzene rings is 2. The third kappa shape index (κ3) is 3.65. The monoisotopic (exact) mass is 300 g/mol. The molecule has 1 unspecified atom stereocenters. The first-order chi connectivity index (χ1) is 10.2. The van der Waals surface area contributed by atoms with Gasteiger partial charge in [-0.3, -0.25) is 4.90 Å². The molecule has 0 saturated carbocycles. The molecule has 21 heavy (non-hydrogen) atoms. The Bertz CT molecular complexity index is 612. The number of hydrogen-bond acceptors (Lipinski definition) is 2. The van der Waals surface area contributed by atoms with Crippen LogP contribution in [0.25, 0.3) is 0 Å². The molecule has 0 radical (unpaired) electrons. The average Bonchev–Trinajstić information content (AvgIpc) is 2.52. The van der Waals surface area contributed by atoms with E-state index >= 15 is 0 Å². The van der Waals surface area contributed by atoms with Gasteiger partial charge in [-0.1, -0.05) is 48.0 Å². The summed E-state index contributed by atoms with van der Waals surface area (Å²) < 4.78 is 0. The van der Waals surface area contributed by atoms with Crippen LogP contribution in [0.2, 0.25) is 5.02 Å². The van der Waals surface area contributed by atoms with Crippen LogP contribution in [0.3, 0.4) is 0 Å². The summed E-state index contributed by atoms with van der Waals surface area (Å²) in [4.78, 5) is 2.49. The van der Waals surface area contributed by atoms with E-state index in [1.165, 1.54) is 11.1 Å². The zero-order valence-electron chi connectivity index (χ0n) is 12.1. The second kappa shape index (κ2) is 6.61. The normalized spacial score (nSPS) is 16.5. The van der Waals surface area contributed by atoms with E-state index in [-0.39, 0.29) is 6.04 Å². The largest absolute Gasteiger partial charge is 0.324 e. The number of rotatable bonds is 4. The fourth-order valence-electron chi connectivity index (χ4n) is 2.97. The lowest BCUT2D eigenvalue weighted by atomic mass is 9.99. The first kappa shape index (κ1) is 14.6. The van der Waals surface area contributed by atoms with Crippen molar-refractivity contribution in [2.45, 2.75) is 25.4 Å². The second-order valence-corrected chi connectivity index (χ2v) is 6.18. The summed E-state index contributed by atoms with van der Waals surface area (Å²) in [7, 11) is 0. The molecule has 0 aliphatic carbocycles. The lowest BCUT2D eigenvalue weighted by molar-refractivity contribution is 0.244. The van der Waals surface area contributed by atoms with Gasteiger partial charge in [-0.05, 0) is 41.7 Å². The maximum absolute atomic E-state index is 6.29. The van der Waals surface area contributed by atoms with Gasteiger partial charge in [-0.25, -0.2) is 0 Å². The Morgan fingerprint density at radius 3 is 2.71 bits per heavy atom. The van der Waals surface area contributed by atoms with Crippen molar-refractivity contribution >= 4 is 11.6 Å². The fourth-order valence-corrected chi connectivity index (χ4v) is 3.17. The van der Waals surface area contributed by atoms with Crippen molar-refractivity contribution in [3.05, 3.63) is 70.2 Å². The highest BCUT2D eigenvalue weighted by Gasteiger charge is 2.16. The number of nitrogens with two attached hydrogens (primary N) is 1. The molecule has 0 amide bonds. The molecule has 1 aliphatic rings. The Morgan fingerprint density at radius 1 is 1.10 bits per heavy atom. The zero-order chi connectivity index (χ0) is 14.7. The predicted molar refractivity (Wildman–Crippen MR) is 88.4 cm³/mol. The van der Waals surface area contributed by atoms with Crippen molar-refractivity contribution in [1.29, 1.82) is 0 Å². The van der Waals surface area contributed by atoms with Crippen LogP contribution in [0.4, 0.5) is 0 Å². The Kier molecular flexibility index (Phi) is 4.59. The molecule has 1 aliphatic heterocycles. The minimum Gasteiger partial charge on any atom is -0.324 e. The van der Waals surface area contributed by atoms with Gasteiger partial charge in [0.15, 0.2) is 0 Å². The second-order valence-electron chi connectivity index (χ2n) is 5.75. The first-order valence-electron chi connectivity index (χ1n) is 7.52. The highest BCUT2D eigenvalue weighted by Crippen LogP contribution is 2.22. The zero-order valence-corrected chi connectivity index (χ0v) is 12.9. The first-order valence-corrected chi connectivity index (χ1v) is 7.90. The fraction of sp³-hybridized carbons (Fsp3) is 0.333. The Hall–Kier alpha value is -1.35. The van der Waals surface area contributed by atoms with Crippen molar-refractivity contribution in [2.24, 2.45) is 5.73 Å². The molecule has 1 atom stereocenters. The van der Waals surface area contributed by atoms with E-state index in [4.69, 9.17) is 17.3 Å². The molecule has 1 heterocycles. The van der Waals surface area contributed by atoms with Gasteiger partial charge in [0.25, 0.3) is 0 Å². The standard InChI is InChI=1S/C18H21ClN2/c19-17-7-3-6-15(12-17)18(20)9-11-21-10-8-14-4-1-2-5-16(14)13-21/h1-7,12,18H,8-11,13,20H2. The van der Waals surface area contributed by atoms with Gasteiger partial charge in [0.2, 0.25) is 0 Å². The third-order valence-corrected chi connectivity index (χ3v) is 4.48. The van der Waals surface area contributed by atoms with Gasteiger partial charge in [0.1, 0.15) is 0 Å². The van der Waals surface area contributed by atoms with E-state index in [1.54, 1.807) is 0 Å². The molecule has 0 fully saturated rings. The smallest absolute Gasteiger partial charge is 0.0409 e. The predicted octanol–water partition coefficient (Wildman–Crippen LogP) is 3.79. The summed E-state index contributed by atoms with van der Waals surface area (Å²) in [5.41, 5.74) is 10.4. The van der Waals surface area contributed by atoms with Gasteiger partial charge in [0, 0.05) is 30.7 Å². The average molecular weight is 301 g/mol. The summed E-state index contributed by atoms with van der Waals surface area (Å²) in [5.74, 6) is 0. The van der Waals surface area contributed by atoms with Gasteiger partial charge < -0.3 is 5.73 Å². The van der Waals surface area contributed by atoms with Gasteiger partial charge in [0.05, 0.1) is 0 Å². The maximum Gasteiger partial charge on any atom is 0.0409 e. The van der Waals surface area contributed by atoms with Crippen LogP contribution >= 0.6 is 11.6 Å². The van der Waals surface area contributed by atoms with Crippen molar-refractivity contribution < 1.29 is 0 Å². The lowest BCUT2D eigenvalue weighted by Crippen LogP contribution is -2.32. The summed E-state index contributed by atoms with van der Waals surface area (Å²) in [6, 6.07) is 16.7. The highest BCUT2D eigenvalue weighted by atomic mass is 35.5. The third-order valence-electron chi connectivity index (χ3n) is 4.24. The molecule has 110 valence electrons. The van der Waals surface area contributed by atoms with E-state index in [1.807, 2.05) is 18.2 Å². The highest BCUT2D eigenvalue weighted by molar-refractivity contribution is 6.30. The van der Waals surface area contributed by atoms with Crippen LogP contribution < -0.4 is 5.73 Å². The molecule has 0 saturated heterocycles. The number of hydrogen-bond donors (Lipinski definition) is 1. The van der Waals surface area contributed by atoms with Gasteiger partial charge in [-0.2, -0.15) is 0 Å². The molecule has 0 spiro atoms. The topological polar surface area (TPSA) is 29.3 Å². The van der Waals surface area contributed by atoms with Crippen molar-refractivity contribution in [1.82, 2.24) is 4.90 Å². The molecule has 0 aromatic heterocycles. The van der Waals surface area contributed by atoms with E-state index in [0.717, 1.165) is 43.1 Å². The maximum atomic E-state index is 6.29. The molecule has 2 nitrogen and oxygen atoms in total. The number of nitrogens with zero attached hydrogens (tertiary/aromatic N) is 1. The molecular weight excluding hydrogens is 280 g/mol. The van der Waals surface area contributed by atoms with Gasteiger partial charge >= 0.3 is 0 Å². The Labute approximate surface area is 131 Å². The van der Waals surface area contributed by atoms with Crippen LogP contribution in [-0.2, 0) is 13.0 Å². The quantitative estimate of drug-likeness (QED) is 0.931. The summed E-state index contributed by atoms with van der Waals surface area (Å²) in [6.45, 7) is 3.19. The van der Waals surface area contributed by atoms with Gasteiger partial charge in [-0.15, -0.1) is 0 Å². The van der Waals surface area contributed by atoms with E-state index in [2.05, 4.69) is 35.2 Å². The summed E-state index contributed by atoms with van der Waals surface area (Å²) >= 11 is 6.03. The van der Waals surface area contributed by atoms with E-state index < -0.39 is 0 Å². The summed E-state index contributed by atoms with van der Waals surface area (Å²) in [5, 5.41) is 0.759. The lowest BCUT2D eigenvalue weighted by Gasteiger charge is -2.29. The van der Waals surface area contributed by atoms with Crippen molar-refractivity contribution in [2.75, 3.05) is 13.1 Å². The van der Waals surface area contributed by atoms with Crippen molar-refractivity contribution in [3.63, 3.8) is 0 Å². The minimum atomic E-state index is 0.0564. The Balaban J connectivity index is 1.57. The number of halogens is 1. The summed E-state index contributed by atoms with van der Waals surface area (Å²) in [6.07, 6.45) is 2.10. The molecule has 3 heteroatoms. The number of fused-ring (bicyclic) bond motifs is 1. The van der Waals surface area contributed by atoms with Crippen LogP contribution in [0.5, 0.6) is 0 Å². The molecule has 0 bridgehead atoms.